The van der Waals surface area contributed by atoms with E-state index in [4.69, 9.17) is 0 Å². The summed E-state index contributed by atoms with van der Waals surface area (Å²) in [6.07, 6.45) is 2.39. The number of halogens is 3. The predicted octanol–water partition coefficient (Wildman–Crippen LogP) is 4.76. The summed E-state index contributed by atoms with van der Waals surface area (Å²) in [5.74, 6) is -4.07. The Morgan fingerprint density at radius 3 is 2.53 bits per heavy atom. The molecule has 1 aliphatic heterocycles. The smallest absolute Gasteiger partial charge is 0.255 e. The van der Waals surface area contributed by atoms with Crippen molar-refractivity contribution in [3.05, 3.63) is 76.9 Å². The van der Waals surface area contributed by atoms with Gasteiger partial charge in [-0.05, 0) is 43.7 Å². The van der Waals surface area contributed by atoms with E-state index in [1.165, 1.54) is 0 Å². The normalized spacial score (nSPS) is 15.9. The molecule has 4 aromatic rings. The minimum absolute atomic E-state index is 0.0916. The monoisotopic (exact) mass is 438 g/mol. The van der Waals surface area contributed by atoms with E-state index in [1.54, 1.807) is 16.6 Å². The van der Waals surface area contributed by atoms with Gasteiger partial charge in [-0.25, -0.2) is 13.2 Å². The minimum atomic E-state index is -1.50. The molecule has 5 rings (SSSR count). The van der Waals surface area contributed by atoms with Gasteiger partial charge in [0.15, 0.2) is 17.5 Å². The Hall–Kier alpha value is -3.55. The number of rotatable bonds is 2. The number of benzene rings is 2. The third kappa shape index (κ3) is 2.93. The number of nitrogens with zero attached hydrogens (tertiary/aromatic N) is 4. The third-order valence-corrected chi connectivity index (χ3v) is 6.32. The summed E-state index contributed by atoms with van der Waals surface area (Å²) in [5, 5.41) is 5.45. The van der Waals surface area contributed by atoms with Gasteiger partial charge in [0, 0.05) is 54.4 Å². The van der Waals surface area contributed by atoms with Gasteiger partial charge < -0.3 is 9.47 Å². The van der Waals surface area contributed by atoms with Crippen LogP contribution < -0.4 is 0 Å². The van der Waals surface area contributed by atoms with Crippen molar-refractivity contribution in [2.24, 2.45) is 14.1 Å². The van der Waals surface area contributed by atoms with Crippen LogP contribution in [0.3, 0.4) is 0 Å². The highest BCUT2D eigenvalue weighted by Gasteiger charge is 2.34. The molecule has 1 atom stereocenters. The van der Waals surface area contributed by atoms with Crippen LogP contribution in [0.1, 0.15) is 34.6 Å². The van der Waals surface area contributed by atoms with Crippen LogP contribution in [0.25, 0.3) is 22.2 Å². The number of fused-ring (bicyclic) bond motifs is 2. The number of carbonyl (C=O) groups excluding carboxylic acids is 1. The van der Waals surface area contributed by atoms with E-state index in [0.717, 1.165) is 28.6 Å². The molecule has 32 heavy (non-hydrogen) atoms. The maximum Gasteiger partial charge on any atom is 0.255 e. The van der Waals surface area contributed by atoms with Gasteiger partial charge in [0.25, 0.3) is 5.91 Å². The van der Waals surface area contributed by atoms with Crippen LogP contribution in [-0.4, -0.2) is 31.7 Å². The molecule has 1 unspecified atom stereocenters. The van der Waals surface area contributed by atoms with Gasteiger partial charge in [0.2, 0.25) is 0 Å². The summed E-state index contributed by atoms with van der Waals surface area (Å²) in [5.41, 5.74) is 3.83. The summed E-state index contributed by atoms with van der Waals surface area (Å²) in [7, 11) is 3.61. The molecule has 2 aromatic carbocycles. The number of hydrogen-bond acceptors (Lipinski definition) is 2. The molecule has 0 saturated heterocycles. The second-order valence-electron chi connectivity index (χ2n) is 8.18. The molecule has 1 aliphatic rings. The van der Waals surface area contributed by atoms with Crippen LogP contribution in [0.4, 0.5) is 13.2 Å². The van der Waals surface area contributed by atoms with Gasteiger partial charge >= 0.3 is 0 Å². The largest absolute Gasteiger partial charge is 0.351 e. The highest BCUT2D eigenvalue weighted by atomic mass is 19.2. The van der Waals surface area contributed by atoms with Crippen molar-refractivity contribution in [1.29, 1.82) is 0 Å². The Labute approximate surface area is 182 Å². The van der Waals surface area contributed by atoms with Crippen molar-refractivity contribution in [3.63, 3.8) is 0 Å². The fourth-order valence-corrected chi connectivity index (χ4v) is 4.72. The standard InChI is InChI=1S/C24H21F3N4O/c1-13-22-17(23(30(3)28-22)14-11-18(25)21(27)19(26)12-14)8-10-31(13)24(32)16-5-4-6-20-15(16)7-9-29(20)2/h4-7,9,11-13H,8,10H2,1-3H3. The van der Waals surface area contributed by atoms with Crippen LogP contribution >= 0.6 is 0 Å². The second-order valence-corrected chi connectivity index (χ2v) is 8.18. The van der Waals surface area contributed by atoms with Crippen LogP contribution in [-0.2, 0) is 20.5 Å². The Bertz CT molecular complexity index is 1360. The first-order valence-corrected chi connectivity index (χ1v) is 10.3. The summed E-state index contributed by atoms with van der Waals surface area (Å²) in [4.78, 5) is 15.2. The lowest BCUT2D eigenvalue weighted by Crippen LogP contribution is -2.39. The first-order valence-electron chi connectivity index (χ1n) is 10.3. The van der Waals surface area contributed by atoms with Crippen LogP contribution in [0.2, 0.25) is 0 Å². The molecule has 5 nitrogen and oxygen atoms in total. The molecule has 0 radical (unpaired) electrons. The molecule has 8 heteroatoms. The number of amides is 1. The van der Waals surface area contributed by atoms with Crippen molar-refractivity contribution in [3.8, 4) is 11.3 Å². The maximum absolute atomic E-state index is 13.9. The molecule has 0 bridgehead atoms. The third-order valence-electron chi connectivity index (χ3n) is 6.32. The lowest BCUT2D eigenvalue weighted by Gasteiger charge is -2.33. The first-order chi connectivity index (χ1) is 15.3. The molecule has 2 aromatic heterocycles. The SMILES string of the molecule is CC1c2nn(C)c(-c3cc(F)c(F)c(F)c3)c2CCN1C(=O)c1cccc2c1ccn2C. The Morgan fingerprint density at radius 2 is 1.81 bits per heavy atom. The highest BCUT2D eigenvalue weighted by Crippen LogP contribution is 2.37. The summed E-state index contributed by atoms with van der Waals surface area (Å²) >= 11 is 0. The average Bonchev–Trinajstić information content (AvgIpc) is 3.31. The number of carbonyl (C=O) groups is 1. The van der Waals surface area contributed by atoms with E-state index < -0.39 is 17.5 Å². The van der Waals surface area contributed by atoms with E-state index in [-0.39, 0.29) is 17.5 Å². The second kappa shape index (κ2) is 7.25. The lowest BCUT2D eigenvalue weighted by atomic mass is 9.94. The Balaban J connectivity index is 1.54. The fraction of sp³-hybridized carbons (Fsp3) is 0.250. The van der Waals surface area contributed by atoms with Gasteiger partial charge in [-0.15, -0.1) is 0 Å². The quantitative estimate of drug-likeness (QED) is 0.424. The molecule has 0 saturated carbocycles. The predicted molar refractivity (Wildman–Crippen MR) is 115 cm³/mol. The number of hydrogen-bond donors (Lipinski definition) is 0. The van der Waals surface area contributed by atoms with Gasteiger partial charge in [-0.2, -0.15) is 5.10 Å². The van der Waals surface area contributed by atoms with E-state index in [9.17, 15) is 18.0 Å². The van der Waals surface area contributed by atoms with Gasteiger partial charge in [-0.1, -0.05) is 6.07 Å². The zero-order valence-electron chi connectivity index (χ0n) is 17.9. The van der Waals surface area contributed by atoms with Crippen LogP contribution in [0, 0.1) is 17.5 Å². The molecule has 1 amide bonds. The molecule has 0 spiro atoms. The van der Waals surface area contributed by atoms with Gasteiger partial charge in [0.1, 0.15) is 0 Å². The molecule has 0 N–H and O–H groups in total. The molecule has 0 fully saturated rings. The summed E-state index contributed by atoms with van der Waals surface area (Å²) in [6.45, 7) is 2.32. The zero-order valence-corrected chi connectivity index (χ0v) is 17.9. The topological polar surface area (TPSA) is 43.1 Å². The van der Waals surface area contributed by atoms with E-state index in [0.29, 0.717) is 29.9 Å². The molecular weight excluding hydrogens is 417 g/mol. The Kier molecular flexibility index (Phi) is 4.62. The van der Waals surface area contributed by atoms with Crippen molar-refractivity contribution in [2.75, 3.05) is 6.54 Å². The van der Waals surface area contributed by atoms with E-state index >= 15 is 0 Å². The van der Waals surface area contributed by atoms with Gasteiger partial charge in [-0.3, -0.25) is 9.48 Å². The zero-order chi connectivity index (χ0) is 22.7. The minimum Gasteiger partial charge on any atom is -0.351 e. The first kappa shape index (κ1) is 20.4. The summed E-state index contributed by atoms with van der Waals surface area (Å²) in [6, 6.07) is 9.21. The maximum atomic E-state index is 13.9. The average molecular weight is 438 g/mol. The van der Waals surface area contributed by atoms with Crippen molar-refractivity contribution < 1.29 is 18.0 Å². The lowest BCUT2D eigenvalue weighted by molar-refractivity contribution is 0.0675. The van der Waals surface area contributed by atoms with E-state index in [1.807, 2.05) is 49.0 Å². The molecule has 164 valence electrons. The van der Waals surface area contributed by atoms with Crippen LogP contribution in [0.5, 0.6) is 0 Å². The summed E-state index contributed by atoms with van der Waals surface area (Å²) < 4.78 is 44.7. The number of aromatic nitrogens is 3. The Morgan fingerprint density at radius 1 is 1.09 bits per heavy atom. The van der Waals surface area contributed by atoms with Gasteiger partial charge in [0.05, 0.1) is 17.4 Å². The molecular formula is C24H21F3N4O. The molecule has 0 aliphatic carbocycles. The molecule has 3 heterocycles. The number of aryl methyl sites for hydroxylation is 2. The van der Waals surface area contributed by atoms with Crippen molar-refractivity contribution >= 4 is 16.8 Å². The highest BCUT2D eigenvalue weighted by molar-refractivity contribution is 6.06. The van der Waals surface area contributed by atoms with Crippen molar-refractivity contribution in [1.82, 2.24) is 19.2 Å². The van der Waals surface area contributed by atoms with Crippen molar-refractivity contribution in [2.45, 2.75) is 19.4 Å². The fourth-order valence-electron chi connectivity index (χ4n) is 4.72. The van der Waals surface area contributed by atoms with Crippen LogP contribution in [0.15, 0.2) is 42.6 Å². The van der Waals surface area contributed by atoms with E-state index in [2.05, 4.69) is 5.10 Å².